The van der Waals surface area contributed by atoms with Gasteiger partial charge in [0.1, 0.15) is 5.75 Å². The molecule has 6 nitrogen and oxygen atoms in total. The van der Waals surface area contributed by atoms with Crippen molar-refractivity contribution in [2.24, 2.45) is 5.10 Å². The molecule has 0 spiro atoms. The van der Waals surface area contributed by atoms with E-state index in [1.807, 2.05) is 26.0 Å². The molecule has 0 radical (unpaired) electrons. The maximum absolute atomic E-state index is 12.3. The van der Waals surface area contributed by atoms with E-state index in [0.717, 1.165) is 16.7 Å². The van der Waals surface area contributed by atoms with Crippen molar-refractivity contribution >= 4 is 12.1 Å². The molecule has 132 valence electrons. The van der Waals surface area contributed by atoms with Crippen molar-refractivity contribution in [3.63, 3.8) is 0 Å². The van der Waals surface area contributed by atoms with E-state index >= 15 is 0 Å². The molecule has 2 rings (SSSR count). The van der Waals surface area contributed by atoms with Gasteiger partial charge in [-0.05, 0) is 49.2 Å². The van der Waals surface area contributed by atoms with Crippen LogP contribution in [-0.2, 0) is 0 Å². The Hall–Kier alpha value is -3.02. The predicted molar refractivity (Wildman–Crippen MR) is 97.1 cm³/mol. The largest absolute Gasteiger partial charge is 0.496 e. The zero-order valence-electron chi connectivity index (χ0n) is 15.0. The molecule has 2 aromatic carbocycles. The summed E-state index contributed by atoms with van der Waals surface area (Å²) in [6.45, 7) is 3.86. The minimum Gasteiger partial charge on any atom is -0.496 e. The summed E-state index contributed by atoms with van der Waals surface area (Å²) < 4.78 is 15.8. The molecule has 0 aliphatic rings. The summed E-state index contributed by atoms with van der Waals surface area (Å²) in [7, 11) is 4.68. The van der Waals surface area contributed by atoms with Gasteiger partial charge >= 0.3 is 0 Å². The summed E-state index contributed by atoms with van der Waals surface area (Å²) in [4.78, 5) is 12.3. The molecule has 0 heterocycles. The highest BCUT2D eigenvalue weighted by molar-refractivity contribution is 5.97. The third kappa shape index (κ3) is 4.29. The van der Waals surface area contributed by atoms with E-state index in [2.05, 4.69) is 10.5 Å². The number of methoxy groups -OCH3 is 3. The third-order valence-electron chi connectivity index (χ3n) is 3.74. The maximum Gasteiger partial charge on any atom is 0.275 e. The van der Waals surface area contributed by atoms with Gasteiger partial charge in [0.25, 0.3) is 5.91 Å². The second-order valence-electron chi connectivity index (χ2n) is 5.47. The molecule has 0 aliphatic heterocycles. The molecule has 1 amide bonds. The van der Waals surface area contributed by atoms with Crippen molar-refractivity contribution in [1.29, 1.82) is 0 Å². The smallest absolute Gasteiger partial charge is 0.275 e. The number of carbonyl (C=O) groups excluding carboxylic acids is 1. The normalized spacial score (nSPS) is 10.6. The second-order valence-corrected chi connectivity index (χ2v) is 5.47. The monoisotopic (exact) mass is 342 g/mol. The molecular formula is C19H22N2O4. The lowest BCUT2D eigenvalue weighted by Gasteiger charge is -2.10. The van der Waals surface area contributed by atoms with Crippen LogP contribution in [0.3, 0.4) is 0 Å². The predicted octanol–water partition coefficient (Wildman–Crippen LogP) is 3.09. The van der Waals surface area contributed by atoms with Gasteiger partial charge in [-0.1, -0.05) is 6.07 Å². The Bertz CT molecular complexity index is 800. The van der Waals surface area contributed by atoms with Gasteiger partial charge in [-0.25, -0.2) is 5.43 Å². The van der Waals surface area contributed by atoms with E-state index in [1.54, 1.807) is 38.6 Å². The summed E-state index contributed by atoms with van der Waals surface area (Å²) >= 11 is 0. The first-order valence-corrected chi connectivity index (χ1v) is 7.70. The summed E-state index contributed by atoms with van der Waals surface area (Å²) in [5.74, 6) is 1.41. The summed E-state index contributed by atoms with van der Waals surface area (Å²) in [5, 5.41) is 4.03. The molecule has 0 fully saturated rings. The number of amides is 1. The summed E-state index contributed by atoms with van der Waals surface area (Å²) in [6.07, 6.45) is 1.57. The lowest BCUT2D eigenvalue weighted by atomic mass is 10.1. The summed E-state index contributed by atoms with van der Waals surface area (Å²) in [6, 6.07) is 9.01. The van der Waals surface area contributed by atoms with Crippen LogP contribution in [0.5, 0.6) is 17.2 Å². The molecule has 2 aromatic rings. The zero-order chi connectivity index (χ0) is 18.4. The first-order chi connectivity index (χ1) is 12.0. The van der Waals surface area contributed by atoms with Crippen molar-refractivity contribution < 1.29 is 19.0 Å². The Balaban J connectivity index is 2.17. The van der Waals surface area contributed by atoms with Crippen LogP contribution >= 0.6 is 0 Å². The van der Waals surface area contributed by atoms with Gasteiger partial charge in [0.15, 0.2) is 11.5 Å². The van der Waals surface area contributed by atoms with Gasteiger partial charge in [-0.15, -0.1) is 0 Å². The molecular weight excluding hydrogens is 320 g/mol. The SMILES string of the molecule is COc1cc(C)c(/C=N\NC(=O)c2ccc(C)cc2OC)cc1OC. The number of aryl methyl sites for hydroxylation is 2. The van der Waals surface area contributed by atoms with Gasteiger partial charge in [-0.2, -0.15) is 5.10 Å². The number of benzene rings is 2. The van der Waals surface area contributed by atoms with Gasteiger partial charge in [-0.3, -0.25) is 4.79 Å². The molecule has 0 aliphatic carbocycles. The molecule has 0 saturated carbocycles. The number of carbonyl (C=O) groups is 1. The molecule has 0 bridgehead atoms. The van der Waals surface area contributed by atoms with E-state index in [-0.39, 0.29) is 5.91 Å². The molecule has 25 heavy (non-hydrogen) atoms. The Morgan fingerprint density at radius 3 is 2.24 bits per heavy atom. The molecule has 0 saturated heterocycles. The first kappa shape index (κ1) is 18.3. The second kappa shape index (κ2) is 8.19. The highest BCUT2D eigenvalue weighted by Crippen LogP contribution is 2.29. The van der Waals surface area contributed by atoms with E-state index < -0.39 is 0 Å². The number of nitrogens with zero attached hydrogens (tertiary/aromatic N) is 1. The highest BCUT2D eigenvalue weighted by atomic mass is 16.5. The summed E-state index contributed by atoms with van der Waals surface area (Å²) in [5.41, 5.74) is 5.71. The highest BCUT2D eigenvalue weighted by Gasteiger charge is 2.12. The quantitative estimate of drug-likeness (QED) is 0.647. The lowest BCUT2D eigenvalue weighted by Crippen LogP contribution is -2.18. The molecule has 0 aromatic heterocycles. The Morgan fingerprint density at radius 1 is 0.960 bits per heavy atom. The Labute approximate surface area is 147 Å². The Morgan fingerprint density at radius 2 is 1.60 bits per heavy atom. The number of rotatable bonds is 6. The fourth-order valence-electron chi connectivity index (χ4n) is 2.34. The topological polar surface area (TPSA) is 69.2 Å². The van der Waals surface area contributed by atoms with Crippen molar-refractivity contribution in [2.75, 3.05) is 21.3 Å². The molecule has 0 atom stereocenters. The molecule has 1 N–H and O–H groups in total. The van der Waals surface area contributed by atoms with Crippen LogP contribution in [-0.4, -0.2) is 33.5 Å². The van der Waals surface area contributed by atoms with Crippen LogP contribution in [0, 0.1) is 13.8 Å². The van der Waals surface area contributed by atoms with E-state index in [1.165, 1.54) is 7.11 Å². The number of hydrazone groups is 1. The standard InChI is InChI=1S/C19H22N2O4/c1-12-6-7-15(16(8-12)23-3)19(22)21-20-11-14-10-18(25-5)17(24-4)9-13(14)2/h6-11H,1-5H3,(H,21,22)/b20-11-. The first-order valence-electron chi connectivity index (χ1n) is 7.70. The van der Waals surface area contributed by atoms with Gasteiger partial charge < -0.3 is 14.2 Å². The number of hydrogen-bond acceptors (Lipinski definition) is 5. The maximum atomic E-state index is 12.3. The average Bonchev–Trinajstić information content (AvgIpc) is 2.62. The van der Waals surface area contributed by atoms with Crippen molar-refractivity contribution in [3.05, 3.63) is 52.6 Å². The lowest BCUT2D eigenvalue weighted by molar-refractivity contribution is 0.0952. The van der Waals surface area contributed by atoms with Crippen LogP contribution in [0.4, 0.5) is 0 Å². The van der Waals surface area contributed by atoms with Crippen molar-refractivity contribution in [1.82, 2.24) is 5.43 Å². The van der Waals surface area contributed by atoms with E-state index in [0.29, 0.717) is 22.8 Å². The number of nitrogens with one attached hydrogen (secondary N) is 1. The number of ether oxygens (including phenoxy) is 3. The van der Waals surface area contributed by atoms with Crippen LogP contribution in [0.2, 0.25) is 0 Å². The van der Waals surface area contributed by atoms with E-state index in [9.17, 15) is 4.79 Å². The van der Waals surface area contributed by atoms with Crippen LogP contribution in [0.25, 0.3) is 0 Å². The molecule has 6 heteroatoms. The minimum atomic E-state index is -0.341. The van der Waals surface area contributed by atoms with Crippen LogP contribution < -0.4 is 19.6 Å². The van der Waals surface area contributed by atoms with Gasteiger partial charge in [0.05, 0.1) is 33.1 Å². The fourth-order valence-corrected chi connectivity index (χ4v) is 2.34. The fraction of sp³-hybridized carbons (Fsp3) is 0.263. The average molecular weight is 342 g/mol. The van der Waals surface area contributed by atoms with Crippen LogP contribution in [0.15, 0.2) is 35.4 Å². The van der Waals surface area contributed by atoms with Crippen LogP contribution in [0.1, 0.15) is 27.0 Å². The zero-order valence-corrected chi connectivity index (χ0v) is 15.0. The Kier molecular flexibility index (Phi) is 6.00. The third-order valence-corrected chi connectivity index (χ3v) is 3.74. The van der Waals surface area contributed by atoms with Crippen molar-refractivity contribution in [3.8, 4) is 17.2 Å². The van der Waals surface area contributed by atoms with Gasteiger partial charge in [0.2, 0.25) is 0 Å². The number of hydrogen-bond donors (Lipinski definition) is 1. The molecule has 0 unspecified atom stereocenters. The van der Waals surface area contributed by atoms with Crippen molar-refractivity contribution in [2.45, 2.75) is 13.8 Å². The van der Waals surface area contributed by atoms with E-state index in [4.69, 9.17) is 14.2 Å². The van der Waals surface area contributed by atoms with Gasteiger partial charge in [0, 0.05) is 5.56 Å². The minimum absolute atomic E-state index is 0.341.